The van der Waals surface area contributed by atoms with Gasteiger partial charge in [-0.25, -0.2) is 15.0 Å². The van der Waals surface area contributed by atoms with Gasteiger partial charge in [0.1, 0.15) is 22.8 Å². The van der Waals surface area contributed by atoms with Crippen LogP contribution in [0, 0.1) is 0 Å². The van der Waals surface area contributed by atoms with Crippen LogP contribution < -0.4 is 10.2 Å². The van der Waals surface area contributed by atoms with E-state index in [0.29, 0.717) is 0 Å². The van der Waals surface area contributed by atoms with Crippen LogP contribution in [0.4, 0.5) is 11.6 Å². The number of aromatic nitrogens is 3. The van der Waals surface area contributed by atoms with Crippen molar-refractivity contribution in [3.63, 3.8) is 0 Å². The lowest BCUT2D eigenvalue weighted by atomic mass is 10.2. The van der Waals surface area contributed by atoms with E-state index in [1.807, 2.05) is 6.20 Å². The number of hydrogen-bond donors (Lipinski definition) is 1. The predicted octanol–water partition coefficient (Wildman–Crippen LogP) is 4.64. The fourth-order valence-electron chi connectivity index (χ4n) is 3.41. The van der Waals surface area contributed by atoms with Gasteiger partial charge in [0.2, 0.25) is 0 Å². The molecule has 3 aromatic heterocycles. The highest BCUT2D eigenvalue weighted by Gasteiger charge is 2.11. The maximum absolute atomic E-state index is 4.69. The van der Waals surface area contributed by atoms with Crippen LogP contribution in [0.15, 0.2) is 30.7 Å². The maximum atomic E-state index is 4.69. The number of hydrogen-bond acceptors (Lipinski definition) is 6. The second-order valence-corrected chi connectivity index (χ2v) is 7.90. The van der Waals surface area contributed by atoms with Gasteiger partial charge in [-0.3, -0.25) is 0 Å². The van der Waals surface area contributed by atoms with E-state index >= 15 is 0 Å². The number of rotatable bonds is 5. The van der Waals surface area contributed by atoms with Crippen molar-refractivity contribution in [2.24, 2.45) is 0 Å². The molecule has 1 N–H and O–H groups in total. The van der Waals surface area contributed by atoms with Gasteiger partial charge in [0.15, 0.2) is 0 Å². The number of anilines is 2. The van der Waals surface area contributed by atoms with E-state index in [0.717, 1.165) is 47.9 Å². The Hall–Kier alpha value is -2.21. The van der Waals surface area contributed by atoms with E-state index < -0.39 is 0 Å². The van der Waals surface area contributed by atoms with Gasteiger partial charge >= 0.3 is 0 Å². The fourth-order valence-corrected chi connectivity index (χ4v) is 4.35. The van der Waals surface area contributed by atoms with Crippen molar-refractivity contribution in [1.29, 1.82) is 0 Å². The highest BCUT2D eigenvalue weighted by molar-refractivity contribution is 7.18. The van der Waals surface area contributed by atoms with Gasteiger partial charge in [0.25, 0.3) is 0 Å². The first-order valence-electron chi connectivity index (χ1n) is 9.50. The molecule has 0 saturated carbocycles. The van der Waals surface area contributed by atoms with Crippen LogP contribution in [0.3, 0.4) is 0 Å². The van der Waals surface area contributed by atoms with Crippen molar-refractivity contribution in [2.75, 3.05) is 23.3 Å². The summed E-state index contributed by atoms with van der Waals surface area (Å²) in [5.41, 5.74) is 1.17. The van der Waals surface area contributed by atoms with Gasteiger partial charge < -0.3 is 10.2 Å². The first-order chi connectivity index (χ1) is 12.8. The lowest BCUT2D eigenvalue weighted by molar-refractivity contribution is 0.726. The number of fused-ring (bicyclic) bond motifs is 1. The Kier molecular flexibility index (Phi) is 5.29. The molecule has 26 heavy (non-hydrogen) atoms. The molecule has 0 aliphatic carbocycles. The van der Waals surface area contributed by atoms with Crippen molar-refractivity contribution in [3.8, 4) is 0 Å². The van der Waals surface area contributed by atoms with Crippen molar-refractivity contribution in [1.82, 2.24) is 15.0 Å². The third-order valence-electron chi connectivity index (χ3n) is 4.93. The van der Waals surface area contributed by atoms with Crippen LogP contribution in [-0.4, -0.2) is 28.0 Å². The molecular weight excluding hydrogens is 342 g/mol. The summed E-state index contributed by atoms with van der Waals surface area (Å²) in [6.07, 6.45) is 9.88. The molecule has 5 nitrogen and oxygen atoms in total. The Balaban J connectivity index is 1.44. The highest BCUT2D eigenvalue weighted by Crippen LogP contribution is 2.28. The second-order valence-electron chi connectivity index (χ2n) is 6.79. The van der Waals surface area contributed by atoms with E-state index in [1.165, 1.54) is 36.1 Å². The van der Waals surface area contributed by atoms with E-state index in [4.69, 9.17) is 4.98 Å². The van der Waals surface area contributed by atoms with Gasteiger partial charge in [0.05, 0.1) is 5.39 Å². The van der Waals surface area contributed by atoms with Crippen LogP contribution in [0.5, 0.6) is 0 Å². The smallest absolute Gasteiger partial charge is 0.138 e. The van der Waals surface area contributed by atoms with Crippen LogP contribution >= 0.6 is 11.3 Å². The maximum Gasteiger partial charge on any atom is 0.138 e. The molecule has 3 aromatic rings. The van der Waals surface area contributed by atoms with Crippen molar-refractivity contribution in [2.45, 2.75) is 45.6 Å². The molecule has 6 heteroatoms. The molecule has 0 atom stereocenters. The summed E-state index contributed by atoms with van der Waals surface area (Å²) in [7, 11) is 0. The summed E-state index contributed by atoms with van der Waals surface area (Å²) in [6, 6.07) is 6.52. The van der Waals surface area contributed by atoms with E-state index in [1.54, 1.807) is 17.7 Å². The normalized spacial score (nSPS) is 15.2. The summed E-state index contributed by atoms with van der Waals surface area (Å²) >= 11 is 1.74. The van der Waals surface area contributed by atoms with E-state index in [-0.39, 0.29) is 0 Å². The minimum atomic E-state index is 0.719. The third kappa shape index (κ3) is 3.80. The van der Waals surface area contributed by atoms with Gasteiger partial charge in [-0.05, 0) is 37.0 Å². The van der Waals surface area contributed by atoms with Crippen LogP contribution in [0.2, 0.25) is 0 Å². The van der Waals surface area contributed by atoms with Crippen LogP contribution in [0.25, 0.3) is 10.2 Å². The van der Waals surface area contributed by atoms with Crippen molar-refractivity contribution < 1.29 is 0 Å². The average molecular weight is 368 g/mol. The summed E-state index contributed by atoms with van der Waals surface area (Å²) in [4.78, 5) is 18.3. The van der Waals surface area contributed by atoms with Crippen LogP contribution in [-0.2, 0) is 13.0 Å². The first-order valence-corrected chi connectivity index (χ1v) is 10.3. The predicted molar refractivity (Wildman–Crippen MR) is 109 cm³/mol. The monoisotopic (exact) mass is 367 g/mol. The minimum absolute atomic E-state index is 0.719. The van der Waals surface area contributed by atoms with E-state index in [2.05, 4.69) is 45.3 Å². The lowest BCUT2D eigenvalue weighted by Crippen LogP contribution is -2.24. The largest absolute Gasteiger partial charge is 0.365 e. The molecule has 0 amide bonds. The quantitative estimate of drug-likeness (QED) is 0.712. The van der Waals surface area contributed by atoms with Crippen LogP contribution in [0.1, 0.15) is 43.0 Å². The Bertz CT molecular complexity index is 850. The molecule has 0 bridgehead atoms. The number of pyridine rings is 1. The molecule has 1 aliphatic rings. The minimum Gasteiger partial charge on any atom is -0.365 e. The Labute approximate surface area is 158 Å². The Morgan fingerprint density at radius 1 is 1.08 bits per heavy atom. The standard InChI is InChI=1S/C20H25N5S/c1-2-16-11-17-19(23-14-24-20(17)26-16)22-13-15-7-8-18(21-12-15)25-9-5-3-4-6-10-25/h7-8,11-12,14H,2-6,9-10,13H2,1H3,(H,22,23,24). The summed E-state index contributed by atoms with van der Waals surface area (Å²) in [5, 5.41) is 4.57. The highest BCUT2D eigenvalue weighted by atomic mass is 32.1. The molecule has 0 aromatic carbocycles. The SMILES string of the molecule is CCc1cc2c(NCc3ccc(N4CCCCCC4)nc3)ncnc2s1. The Morgan fingerprint density at radius 3 is 2.65 bits per heavy atom. The zero-order valence-electron chi connectivity index (χ0n) is 15.2. The summed E-state index contributed by atoms with van der Waals surface area (Å²) < 4.78 is 0. The van der Waals surface area contributed by atoms with E-state index in [9.17, 15) is 0 Å². The number of nitrogens with zero attached hydrogens (tertiary/aromatic N) is 4. The number of nitrogens with one attached hydrogen (secondary N) is 1. The molecule has 4 rings (SSSR count). The summed E-state index contributed by atoms with van der Waals surface area (Å²) in [6.45, 7) is 5.14. The summed E-state index contributed by atoms with van der Waals surface area (Å²) in [5.74, 6) is 2.01. The molecule has 1 fully saturated rings. The molecule has 0 unspecified atom stereocenters. The van der Waals surface area contributed by atoms with Gasteiger partial charge in [0, 0.05) is 30.7 Å². The molecule has 0 spiro atoms. The third-order valence-corrected chi connectivity index (χ3v) is 6.12. The molecule has 136 valence electrons. The molecule has 0 radical (unpaired) electrons. The first kappa shape index (κ1) is 17.2. The van der Waals surface area contributed by atoms with Gasteiger partial charge in [-0.2, -0.15) is 0 Å². The number of thiophene rings is 1. The zero-order chi connectivity index (χ0) is 17.8. The molecule has 1 aliphatic heterocycles. The molecular formula is C20H25N5S. The lowest BCUT2D eigenvalue weighted by Gasteiger charge is -2.21. The second kappa shape index (κ2) is 7.99. The average Bonchev–Trinajstić information content (AvgIpc) is 2.93. The van der Waals surface area contributed by atoms with Crippen molar-refractivity contribution in [3.05, 3.63) is 41.2 Å². The number of aryl methyl sites for hydroxylation is 1. The van der Waals surface area contributed by atoms with Gasteiger partial charge in [-0.1, -0.05) is 25.8 Å². The zero-order valence-corrected chi connectivity index (χ0v) is 16.1. The fraction of sp³-hybridized carbons (Fsp3) is 0.450. The molecule has 4 heterocycles. The van der Waals surface area contributed by atoms with Crippen molar-refractivity contribution >= 4 is 33.2 Å². The van der Waals surface area contributed by atoms with Gasteiger partial charge in [-0.15, -0.1) is 11.3 Å². The Morgan fingerprint density at radius 2 is 1.92 bits per heavy atom. The molecule has 1 saturated heterocycles. The topological polar surface area (TPSA) is 53.9 Å².